The Morgan fingerprint density at radius 1 is 0.393 bits per heavy atom. The monoisotopic (exact) mass is 721 g/mol. The van der Waals surface area contributed by atoms with Crippen LogP contribution in [0.5, 0.6) is 0 Å². The van der Waals surface area contributed by atoms with Gasteiger partial charge in [0.25, 0.3) is 0 Å². The molecule has 1 aliphatic carbocycles. The lowest BCUT2D eigenvalue weighted by Crippen LogP contribution is -2.11. The Labute approximate surface area is 329 Å². The number of nitrogens with zero attached hydrogens (tertiary/aromatic N) is 1. The molecule has 8 aromatic carbocycles. The number of hydrogen-bond donors (Lipinski definition) is 0. The molecule has 2 heteroatoms. The average molecular weight is 722 g/mol. The molecule has 9 aromatic rings. The van der Waals surface area contributed by atoms with Crippen LogP contribution < -0.4 is 4.90 Å². The average Bonchev–Trinajstić information content (AvgIpc) is 3.66. The molecule has 1 aliphatic rings. The van der Waals surface area contributed by atoms with E-state index < -0.39 is 0 Å². The van der Waals surface area contributed by atoms with E-state index in [-0.39, 0.29) is 0 Å². The summed E-state index contributed by atoms with van der Waals surface area (Å²) >= 11 is 0. The Kier molecular flexibility index (Phi) is 9.01. The highest BCUT2D eigenvalue weighted by atomic mass is 16.3. The number of fused-ring (bicyclic) bond motifs is 3. The van der Waals surface area contributed by atoms with Crippen LogP contribution in [-0.4, -0.2) is 0 Å². The van der Waals surface area contributed by atoms with Gasteiger partial charge in [-0.15, -0.1) is 0 Å². The van der Waals surface area contributed by atoms with Crippen molar-refractivity contribution in [3.8, 4) is 44.5 Å². The van der Waals surface area contributed by atoms with E-state index in [1.807, 2.05) is 6.07 Å². The zero-order valence-electron chi connectivity index (χ0n) is 31.4. The molecule has 0 bridgehead atoms. The molecule has 1 fully saturated rings. The summed E-state index contributed by atoms with van der Waals surface area (Å²) < 4.78 is 6.46. The lowest BCUT2D eigenvalue weighted by molar-refractivity contribution is 0.443. The Bertz CT molecular complexity index is 2700. The maximum absolute atomic E-state index is 6.46. The molecule has 0 saturated heterocycles. The molecular weight excluding hydrogens is 679 g/mol. The third kappa shape index (κ3) is 6.37. The minimum absolute atomic E-state index is 0.674. The largest absolute Gasteiger partial charge is 0.456 e. The SMILES string of the molecule is c1ccc(-c2cccc(-c3ccccc3)c2-c2ccc(N(c3ccc4c(c3)oc3ccccc34)c3ccccc3-c3ccc(C4CCCCC4)cc3)cc2)cc1. The maximum atomic E-state index is 6.46. The highest BCUT2D eigenvalue weighted by molar-refractivity contribution is 6.06. The molecule has 0 N–H and O–H groups in total. The highest BCUT2D eigenvalue weighted by Crippen LogP contribution is 2.45. The fourth-order valence-corrected chi connectivity index (χ4v) is 8.92. The van der Waals surface area contributed by atoms with Gasteiger partial charge in [0, 0.05) is 33.8 Å². The Morgan fingerprint density at radius 2 is 0.946 bits per heavy atom. The van der Waals surface area contributed by atoms with Crippen LogP contribution in [-0.2, 0) is 0 Å². The molecule has 0 unspecified atom stereocenters. The summed E-state index contributed by atoms with van der Waals surface area (Å²) in [5.41, 5.74) is 16.1. The number of anilines is 3. The van der Waals surface area contributed by atoms with Gasteiger partial charge in [0.1, 0.15) is 11.2 Å². The van der Waals surface area contributed by atoms with E-state index in [1.165, 1.54) is 82.2 Å². The van der Waals surface area contributed by atoms with Crippen molar-refractivity contribution in [2.24, 2.45) is 0 Å². The fourth-order valence-electron chi connectivity index (χ4n) is 8.92. The van der Waals surface area contributed by atoms with Crippen molar-refractivity contribution in [2.75, 3.05) is 4.90 Å². The van der Waals surface area contributed by atoms with E-state index in [1.54, 1.807) is 0 Å². The summed E-state index contributed by atoms with van der Waals surface area (Å²) in [6.45, 7) is 0. The second kappa shape index (κ2) is 14.9. The van der Waals surface area contributed by atoms with E-state index in [4.69, 9.17) is 4.42 Å². The van der Waals surface area contributed by atoms with Crippen LogP contribution in [0.25, 0.3) is 66.4 Å². The molecule has 1 saturated carbocycles. The molecule has 0 aliphatic heterocycles. The van der Waals surface area contributed by atoms with Gasteiger partial charge < -0.3 is 9.32 Å². The van der Waals surface area contributed by atoms with E-state index >= 15 is 0 Å². The standard InChI is InChI=1S/C54H43NO/c1-4-15-38(16-5-1)39-27-29-42(30-28-39)46-21-10-12-25-51(46)55(45-35-36-50-49-22-11-13-26-52(49)56-53(50)37-45)44-33-31-43(32-34-44)54-47(40-17-6-2-7-18-40)23-14-24-48(54)41-19-8-3-9-20-41/h2-3,6-14,17-38H,1,4-5,15-16H2. The molecule has 56 heavy (non-hydrogen) atoms. The molecular formula is C54H43NO. The Hall–Kier alpha value is -6.64. The van der Waals surface area contributed by atoms with Gasteiger partial charge in [0.05, 0.1) is 5.69 Å². The van der Waals surface area contributed by atoms with Crippen molar-refractivity contribution in [1.82, 2.24) is 0 Å². The van der Waals surface area contributed by atoms with Crippen LogP contribution in [0.2, 0.25) is 0 Å². The van der Waals surface area contributed by atoms with Crippen LogP contribution in [0.4, 0.5) is 17.1 Å². The van der Waals surface area contributed by atoms with Gasteiger partial charge in [-0.3, -0.25) is 0 Å². The van der Waals surface area contributed by atoms with Crippen molar-refractivity contribution in [3.05, 3.63) is 200 Å². The quantitative estimate of drug-likeness (QED) is 0.155. The second-order valence-corrected chi connectivity index (χ2v) is 15.1. The van der Waals surface area contributed by atoms with Crippen LogP contribution in [0.1, 0.15) is 43.6 Å². The number of benzene rings is 8. The first-order valence-corrected chi connectivity index (χ1v) is 20.0. The summed E-state index contributed by atoms with van der Waals surface area (Å²) in [5, 5.41) is 2.26. The van der Waals surface area contributed by atoms with Crippen molar-refractivity contribution in [1.29, 1.82) is 0 Å². The third-order valence-corrected chi connectivity index (χ3v) is 11.7. The zero-order chi connectivity index (χ0) is 37.3. The second-order valence-electron chi connectivity index (χ2n) is 15.1. The summed E-state index contributed by atoms with van der Waals surface area (Å²) in [6, 6.07) is 70.4. The molecule has 10 rings (SSSR count). The van der Waals surface area contributed by atoms with E-state index in [2.05, 4.69) is 193 Å². The molecule has 0 spiro atoms. The Morgan fingerprint density at radius 3 is 1.66 bits per heavy atom. The first-order chi connectivity index (χ1) is 27.8. The first kappa shape index (κ1) is 33.9. The van der Waals surface area contributed by atoms with Crippen LogP contribution in [0, 0.1) is 0 Å². The summed E-state index contributed by atoms with van der Waals surface area (Å²) in [6.07, 6.45) is 6.64. The number of hydrogen-bond acceptors (Lipinski definition) is 2. The fraction of sp³-hybridized carbons (Fsp3) is 0.111. The molecule has 270 valence electrons. The number of para-hydroxylation sites is 2. The van der Waals surface area contributed by atoms with Gasteiger partial charge in [0.2, 0.25) is 0 Å². The van der Waals surface area contributed by atoms with Crippen LogP contribution >= 0.6 is 0 Å². The molecule has 0 atom stereocenters. The van der Waals surface area contributed by atoms with Crippen molar-refractivity contribution in [2.45, 2.75) is 38.0 Å². The third-order valence-electron chi connectivity index (χ3n) is 11.7. The molecule has 2 nitrogen and oxygen atoms in total. The lowest BCUT2D eigenvalue weighted by atomic mass is 9.83. The van der Waals surface area contributed by atoms with Crippen LogP contribution in [0.15, 0.2) is 199 Å². The van der Waals surface area contributed by atoms with Crippen molar-refractivity contribution >= 4 is 39.0 Å². The smallest absolute Gasteiger partial charge is 0.137 e. The normalized spacial score (nSPS) is 13.3. The van der Waals surface area contributed by atoms with Gasteiger partial charge in [-0.1, -0.05) is 171 Å². The van der Waals surface area contributed by atoms with Gasteiger partial charge in [-0.05, 0) is 99.7 Å². The Balaban J connectivity index is 1.12. The molecule has 1 aromatic heterocycles. The van der Waals surface area contributed by atoms with Crippen molar-refractivity contribution < 1.29 is 4.42 Å². The zero-order valence-corrected chi connectivity index (χ0v) is 31.4. The molecule has 0 amide bonds. The minimum Gasteiger partial charge on any atom is -0.456 e. The lowest BCUT2D eigenvalue weighted by Gasteiger charge is -2.28. The van der Waals surface area contributed by atoms with E-state index in [0.717, 1.165) is 39.0 Å². The highest BCUT2D eigenvalue weighted by Gasteiger charge is 2.21. The summed E-state index contributed by atoms with van der Waals surface area (Å²) in [7, 11) is 0. The maximum Gasteiger partial charge on any atom is 0.137 e. The number of furan rings is 1. The van der Waals surface area contributed by atoms with Gasteiger partial charge in [0.15, 0.2) is 0 Å². The predicted molar refractivity (Wildman–Crippen MR) is 236 cm³/mol. The summed E-state index contributed by atoms with van der Waals surface area (Å²) in [4.78, 5) is 2.39. The van der Waals surface area contributed by atoms with Crippen LogP contribution in [0.3, 0.4) is 0 Å². The van der Waals surface area contributed by atoms with Crippen molar-refractivity contribution in [3.63, 3.8) is 0 Å². The van der Waals surface area contributed by atoms with E-state index in [0.29, 0.717) is 5.92 Å². The summed E-state index contributed by atoms with van der Waals surface area (Å²) in [5.74, 6) is 0.674. The topological polar surface area (TPSA) is 16.4 Å². The molecule has 0 radical (unpaired) electrons. The first-order valence-electron chi connectivity index (χ1n) is 20.0. The van der Waals surface area contributed by atoms with Gasteiger partial charge in [-0.25, -0.2) is 0 Å². The number of rotatable bonds is 8. The van der Waals surface area contributed by atoms with Gasteiger partial charge in [-0.2, -0.15) is 0 Å². The molecule has 1 heterocycles. The minimum atomic E-state index is 0.674. The van der Waals surface area contributed by atoms with E-state index in [9.17, 15) is 0 Å². The van der Waals surface area contributed by atoms with Gasteiger partial charge >= 0.3 is 0 Å². The predicted octanol–water partition coefficient (Wildman–Crippen LogP) is 15.8.